The molecule has 0 unspecified atom stereocenters. The van der Waals surface area contributed by atoms with Crippen LogP contribution in [0.5, 0.6) is 0 Å². The van der Waals surface area contributed by atoms with E-state index in [2.05, 4.69) is 9.71 Å². The highest BCUT2D eigenvalue weighted by Gasteiger charge is 2.18. The Morgan fingerprint density at radius 1 is 1.35 bits per heavy atom. The van der Waals surface area contributed by atoms with E-state index in [0.717, 1.165) is 5.56 Å². The van der Waals surface area contributed by atoms with E-state index in [1.807, 2.05) is 6.07 Å². The molecule has 2 heterocycles. The molecule has 2 rings (SSSR count). The summed E-state index contributed by atoms with van der Waals surface area (Å²) in [4.78, 5) is 3.97. The van der Waals surface area contributed by atoms with Crippen LogP contribution < -0.4 is 4.72 Å². The summed E-state index contributed by atoms with van der Waals surface area (Å²) in [7, 11) is -3.42. The molecule has 0 bridgehead atoms. The fraction of sp³-hybridized carbons (Fsp3) is 0.182. The van der Waals surface area contributed by atoms with Gasteiger partial charge in [0.1, 0.15) is 4.21 Å². The predicted octanol–water partition coefficient (Wildman–Crippen LogP) is 2.18. The van der Waals surface area contributed by atoms with E-state index in [-0.39, 0.29) is 6.04 Å². The van der Waals surface area contributed by atoms with E-state index in [1.54, 1.807) is 42.9 Å². The fourth-order valence-corrected chi connectivity index (χ4v) is 3.65. The summed E-state index contributed by atoms with van der Waals surface area (Å²) in [5.74, 6) is 0. The summed E-state index contributed by atoms with van der Waals surface area (Å²) in [5.41, 5.74) is 0.840. The Hall–Kier alpha value is -1.24. The second-order valence-electron chi connectivity index (χ2n) is 3.56. The van der Waals surface area contributed by atoms with Crippen molar-refractivity contribution in [2.45, 2.75) is 17.2 Å². The van der Waals surface area contributed by atoms with E-state index < -0.39 is 10.0 Å². The molecule has 1 atom stereocenters. The maximum absolute atomic E-state index is 12.0. The number of nitrogens with zero attached hydrogens (tertiary/aromatic N) is 1. The highest BCUT2D eigenvalue weighted by atomic mass is 32.2. The second-order valence-corrected chi connectivity index (χ2v) is 6.45. The fourth-order valence-electron chi connectivity index (χ4n) is 1.41. The summed E-state index contributed by atoms with van der Waals surface area (Å²) < 4.78 is 26.9. The minimum Gasteiger partial charge on any atom is -0.264 e. The number of hydrogen-bond donors (Lipinski definition) is 1. The molecule has 0 amide bonds. The van der Waals surface area contributed by atoms with Crippen molar-refractivity contribution < 1.29 is 8.42 Å². The molecule has 0 aliphatic carbocycles. The molecule has 0 saturated heterocycles. The molecule has 0 fully saturated rings. The van der Waals surface area contributed by atoms with Gasteiger partial charge in [0.2, 0.25) is 0 Å². The SMILES string of the molecule is C[C@H](NS(=O)(=O)c1cccs1)c1cccnc1. The molecule has 0 spiro atoms. The molecule has 2 aromatic heterocycles. The first-order valence-corrected chi connectivity index (χ1v) is 7.41. The van der Waals surface area contributed by atoms with Gasteiger partial charge in [-0.1, -0.05) is 12.1 Å². The molecule has 0 aliphatic rings. The highest BCUT2D eigenvalue weighted by molar-refractivity contribution is 7.91. The van der Waals surface area contributed by atoms with Gasteiger partial charge in [0.05, 0.1) is 0 Å². The van der Waals surface area contributed by atoms with Gasteiger partial charge in [-0.2, -0.15) is 0 Å². The average molecular weight is 268 g/mol. The van der Waals surface area contributed by atoms with Crippen LogP contribution in [0.25, 0.3) is 0 Å². The number of sulfonamides is 1. The Labute approximate surface area is 104 Å². The average Bonchev–Trinajstić information content (AvgIpc) is 2.84. The molecule has 90 valence electrons. The van der Waals surface area contributed by atoms with E-state index >= 15 is 0 Å². The van der Waals surface area contributed by atoms with Crippen LogP contribution >= 0.6 is 11.3 Å². The number of aromatic nitrogens is 1. The van der Waals surface area contributed by atoms with Crippen LogP contribution in [0.15, 0.2) is 46.2 Å². The zero-order valence-electron chi connectivity index (χ0n) is 9.20. The van der Waals surface area contributed by atoms with Crippen LogP contribution in [-0.4, -0.2) is 13.4 Å². The lowest BCUT2D eigenvalue weighted by molar-refractivity contribution is 0.568. The maximum atomic E-state index is 12.0. The summed E-state index contributed by atoms with van der Waals surface area (Å²) in [6.45, 7) is 1.79. The lowest BCUT2D eigenvalue weighted by Crippen LogP contribution is -2.26. The van der Waals surface area contributed by atoms with Crippen LogP contribution in [0.3, 0.4) is 0 Å². The lowest BCUT2D eigenvalue weighted by Gasteiger charge is -2.12. The first-order chi connectivity index (χ1) is 8.09. The number of pyridine rings is 1. The molecule has 6 heteroatoms. The van der Waals surface area contributed by atoms with Gasteiger partial charge < -0.3 is 0 Å². The third-order valence-corrected chi connectivity index (χ3v) is 5.21. The molecule has 17 heavy (non-hydrogen) atoms. The van der Waals surface area contributed by atoms with Crippen LogP contribution in [0.2, 0.25) is 0 Å². The van der Waals surface area contributed by atoms with Gasteiger partial charge in [0.25, 0.3) is 10.0 Å². The van der Waals surface area contributed by atoms with E-state index in [0.29, 0.717) is 4.21 Å². The molecule has 2 aromatic rings. The summed E-state index contributed by atoms with van der Waals surface area (Å²) in [6, 6.07) is 6.63. The van der Waals surface area contributed by atoms with Crippen molar-refractivity contribution in [2.75, 3.05) is 0 Å². The van der Waals surface area contributed by atoms with Crippen molar-refractivity contribution in [2.24, 2.45) is 0 Å². The Bertz CT molecular complexity index is 565. The van der Waals surface area contributed by atoms with Gasteiger partial charge >= 0.3 is 0 Å². The first-order valence-electron chi connectivity index (χ1n) is 5.05. The summed E-state index contributed by atoms with van der Waals surface area (Å²) >= 11 is 1.20. The Morgan fingerprint density at radius 3 is 2.76 bits per heavy atom. The number of nitrogens with one attached hydrogen (secondary N) is 1. The highest BCUT2D eigenvalue weighted by Crippen LogP contribution is 2.19. The van der Waals surface area contributed by atoms with Gasteiger partial charge in [0, 0.05) is 18.4 Å². The monoisotopic (exact) mass is 268 g/mol. The zero-order chi connectivity index (χ0) is 12.3. The number of rotatable bonds is 4. The third kappa shape index (κ3) is 2.91. The van der Waals surface area contributed by atoms with Gasteiger partial charge in [-0.3, -0.25) is 4.98 Å². The van der Waals surface area contributed by atoms with E-state index in [1.165, 1.54) is 11.3 Å². The van der Waals surface area contributed by atoms with Crippen LogP contribution in [0, 0.1) is 0 Å². The normalized spacial score (nSPS) is 13.5. The van der Waals surface area contributed by atoms with Crippen molar-refractivity contribution >= 4 is 21.4 Å². The largest absolute Gasteiger partial charge is 0.264 e. The quantitative estimate of drug-likeness (QED) is 0.924. The first kappa shape index (κ1) is 12.2. The van der Waals surface area contributed by atoms with Gasteiger partial charge in [-0.05, 0) is 30.0 Å². The third-order valence-electron chi connectivity index (χ3n) is 2.28. The maximum Gasteiger partial charge on any atom is 0.250 e. The predicted molar refractivity (Wildman–Crippen MR) is 67.3 cm³/mol. The molecule has 4 nitrogen and oxygen atoms in total. The number of thiophene rings is 1. The van der Waals surface area contributed by atoms with Crippen molar-refractivity contribution in [1.82, 2.24) is 9.71 Å². The van der Waals surface area contributed by atoms with E-state index in [9.17, 15) is 8.42 Å². The number of hydrogen-bond acceptors (Lipinski definition) is 4. The summed E-state index contributed by atoms with van der Waals surface area (Å²) in [5, 5.41) is 1.74. The molecule has 1 N–H and O–H groups in total. The van der Waals surface area contributed by atoms with Crippen LogP contribution in [0.4, 0.5) is 0 Å². The molecular weight excluding hydrogens is 256 g/mol. The van der Waals surface area contributed by atoms with Crippen molar-refractivity contribution in [3.63, 3.8) is 0 Å². The second kappa shape index (κ2) is 4.95. The molecule has 0 aromatic carbocycles. The molecule has 0 radical (unpaired) electrons. The Balaban J connectivity index is 2.17. The smallest absolute Gasteiger partial charge is 0.250 e. The van der Waals surface area contributed by atoms with Crippen LogP contribution in [0.1, 0.15) is 18.5 Å². The van der Waals surface area contributed by atoms with E-state index in [4.69, 9.17) is 0 Å². The summed E-state index contributed by atoms with van der Waals surface area (Å²) in [6.07, 6.45) is 3.31. The zero-order valence-corrected chi connectivity index (χ0v) is 10.8. The standard InChI is InChI=1S/C11H12N2O2S2/c1-9(10-4-2-6-12-8-10)13-17(14,15)11-5-3-7-16-11/h2-9,13H,1H3/t9-/m0/s1. The lowest BCUT2D eigenvalue weighted by atomic mass is 10.2. The Kier molecular flexibility index (Phi) is 3.56. The Morgan fingerprint density at radius 2 is 2.18 bits per heavy atom. The van der Waals surface area contributed by atoms with Gasteiger partial charge in [-0.25, -0.2) is 13.1 Å². The minimum absolute atomic E-state index is 0.296. The minimum atomic E-state index is -3.42. The van der Waals surface area contributed by atoms with Crippen molar-refractivity contribution in [1.29, 1.82) is 0 Å². The van der Waals surface area contributed by atoms with Crippen LogP contribution in [-0.2, 0) is 10.0 Å². The molecular formula is C11H12N2O2S2. The molecule has 0 saturated carbocycles. The van der Waals surface area contributed by atoms with Crippen molar-refractivity contribution in [3.8, 4) is 0 Å². The molecule has 0 aliphatic heterocycles. The topological polar surface area (TPSA) is 59.1 Å². The van der Waals surface area contributed by atoms with Crippen molar-refractivity contribution in [3.05, 3.63) is 47.6 Å². The van der Waals surface area contributed by atoms with Gasteiger partial charge in [0.15, 0.2) is 0 Å². The van der Waals surface area contributed by atoms with Gasteiger partial charge in [-0.15, -0.1) is 11.3 Å².